The molecule has 1 atom stereocenters. The van der Waals surface area contributed by atoms with Crippen LogP contribution in [0.2, 0.25) is 0 Å². The number of benzene rings is 1. The molecule has 1 aliphatic rings. The molecule has 0 saturated heterocycles. The van der Waals surface area contributed by atoms with Crippen molar-refractivity contribution in [1.29, 1.82) is 0 Å². The molecule has 0 aliphatic carbocycles. The van der Waals surface area contributed by atoms with Gasteiger partial charge in [0.25, 0.3) is 5.95 Å². The zero-order valence-electron chi connectivity index (χ0n) is 15.0. The molecule has 1 unspecified atom stereocenters. The molecule has 0 fully saturated rings. The molecule has 4 aromatic rings. The van der Waals surface area contributed by atoms with E-state index >= 15 is 0 Å². The van der Waals surface area contributed by atoms with Gasteiger partial charge >= 0.3 is 6.09 Å². The first-order chi connectivity index (χ1) is 14.0. The third-order valence-electron chi connectivity index (χ3n) is 4.74. The van der Waals surface area contributed by atoms with Crippen LogP contribution in [-0.4, -0.2) is 32.9 Å². The van der Waals surface area contributed by atoms with Crippen LogP contribution in [0.3, 0.4) is 0 Å². The number of hydrogen-bond acceptors (Lipinski definition) is 7. The second-order valence-corrected chi connectivity index (χ2v) is 6.41. The molecule has 9 nitrogen and oxygen atoms in total. The standard InChI is InChI=1S/C19H14FN5O4/c1-28-19(27)23-18-22-15-12-5-7-29-17(12)21-14(10-3-2-9(26)8-13(10)20)11-4-6-25(24-18)16(11)15/h2-8,14,21,26H,1H3,(H,23,24,27). The number of halogens is 1. The average Bonchev–Trinajstić information content (AvgIpc) is 3.30. The highest BCUT2D eigenvalue weighted by Crippen LogP contribution is 2.43. The lowest BCUT2D eigenvalue weighted by molar-refractivity contribution is 0.186. The van der Waals surface area contributed by atoms with Crippen LogP contribution in [0.5, 0.6) is 5.75 Å². The number of ether oxygens (including phenoxy) is 1. The summed E-state index contributed by atoms with van der Waals surface area (Å²) in [7, 11) is 1.24. The summed E-state index contributed by atoms with van der Waals surface area (Å²) >= 11 is 0. The molecule has 10 heteroatoms. The summed E-state index contributed by atoms with van der Waals surface area (Å²) in [6.45, 7) is 0. The number of aromatic hydroxyl groups is 1. The zero-order valence-corrected chi connectivity index (χ0v) is 15.0. The highest BCUT2D eigenvalue weighted by molar-refractivity contribution is 5.90. The number of nitrogens with zero attached hydrogens (tertiary/aromatic N) is 3. The molecule has 146 valence electrons. The number of carbonyl (C=O) groups is 1. The molecular weight excluding hydrogens is 381 g/mol. The minimum absolute atomic E-state index is 0.0444. The summed E-state index contributed by atoms with van der Waals surface area (Å²) in [4.78, 5) is 16.0. The Kier molecular flexibility index (Phi) is 3.66. The monoisotopic (exact) mass is 395 g/mol. The summed E-state index contributed by atoms with van der Waals surface area (Å²) in [5, 5.41) is 19.5. The Labute approximate surface area is 162 Å². The first kappa shape index (κ1) is 17.0. The molecule has 29 heavy (non-hydrogen) atoms. The Hall–Kier alpha value is -4.08. The summed E-state index contributed by atoms with van der Waals surface area (Å²) < 4.78 is 26.4. The number of nitrogens with one attached hydrogen (secondary N) is 2. The van der Waals surface area contributed by atoms with Crippen molar-refractivity contribution in [3.8, 4) is 17.0 Å². The molecule has 1 aliphatic heterocycles. The van der Waals surface area contributed by atoms with E-state index in [-0.39, 0.29) is 11.7 Å². The topological polar surface area (TPSA) is 114 Å². The van der Waals surface area contributed by atoms with Gasteiger partial charge in [-0.3, -0.25) is 5.32 Å². The lowest BCUT2D eigenvalue weighted by Crippen LogP contribution is -2.15. The third kappa shape index (κ3) is 2.64. The van der Waals surface area contributed by atoms with Crippen molar-refractivity contribution in [2.75, 3.05) is 17.7 Å². The van der Waals surface area contributed by atoms with Crippen molar-refractivity contribution in [3.63, 3.8) is 0 Å². The number of carbonyl (C=O) groups excluding carboxylic acids is 1. The van der Waals surface area contributed by atoms with Crippen LogP contribution in [0.1, 0.15) is 17.2 Å². The Morgan fingerprint density at radius 2 is 2.21 bits per heavy atom. The van der Waals surface area contributed by atoms with Crippen molar-refractivity contribution >= 4 is 23.4 Å². The third-order valence-corrected chi connectivity index (χ3v) is 4.74. The van der Waals surface area contributed by atoms with E-state index in [0.717, 1.165) is 6.07 Å². The average molecular weight is 395 g/mol. The molecule has 5 rings (SSSR count). The molecule has 0 radical (unpaired) electrons. The Morgan fingerprint density at radius 3 is 3.00 bits per heavy atom. The second-order valence-electron chi connectivity index (χ2n) is 6.41. The minimum Gasteiger partial charge on any atom is -0.508 e. The van der Waals surface area contributed by atoms with Gasteiger partial charge in [-0.2, -0.15) is 0 Å². The van der Waals surface area contributed by atoms with E-state index in [1.807, 2.05) is 0 Å². The van der Waals surface area contributed by atoms with E-state index in [4.69, 9.17) is 4.42 Å². The van der Waals surface area contributed by atoms with Gasteiger partial charge in [-0.1, -0.05) is 6.07 Å². The van der Waals surface area contributed by atoms with Gasteiger partial charge in [0, 0.05) is 23.4 Å². The fourth-order valence-corrected chi connectivity index (χ4v) is 3.48. The molecule has 0 bridgehead atoms. The van der Waals surface area contributed by atoms with Gasteiger partial charge in [0.2, 0.25) is 5.88 Å². The molecular formula is C19H14FN5O4. The van der Waals surface area contributed by atoms with Gasteiger partial charge in [0.1, 0.15) is 17.3 Å². The minimum atomic E-state index is -0.702. The van der Waals surface area contributed by atoms with E-state index in [1.54, 1.807) is 22.8 Å². The van der Waals surface area contributed by atoms with Crippen LogP contribution in [-0.2, 0) is 4.74 Å². The van der Waals surface area contributed by atoms with Crippen molar-refractivity contribution in [3.05, 3.63) is 59.7 Å². The van der Waals surface area contributed by atoms with Crippen molar-refractivity contribution < 1.29 is 23.4 Å². The highest BCUT2D eigenvalue weighted by atomic mass is 19.1. The predicted molar refractivity (Wildman–Crippen MR) is 100 cm³/mol. The Morgan fingerprint density at radius 1 is 1.34 bits per heavy atom. The first-order valence-corrected chi connectivity index (χ1v) is 8.62. The number of amides is 1. The fourth-order valence-electron chi connectivity index (χ4n) is 3.48. The maximum atomic E-state index is 14.7. The number of aromatic nitrogens is 3. The number of phenols is 1. The summed E-state index contributed by atoms with van der Waals surface area (Å²) in [5.74, 6) is -0.294. The van der Waals surface area contributed by atoms with Gasteiger partial charge in [-0.05, 0) is 18.2 Å². The number of furan rings is 1. The molecule has 3 N–H and O–H groups in total. The van der Waals surface area contributed by atoms with Gasteiger partial charge < -0.3 is 19.6 Å². The molecule has 0 saturated carbocycles. The van der Waals surface area contributed by atoms with E-state index in [1.165, 1.54) is 25.5 Å². The molecule has 0 spiro atoms. The van der Waals surface area contributed by atoms with Crippen molar-refractivity contribution in [1.82, 2.24) is 14.6 Å². The van der Waals surface area contributed by atoms with E-state index < -0.39 is 18.0 Å². The maximum Gasteiger partial charge on any atom is 0.413 e. The highest BCUT2D eigenvalue weighted by Gasteiger charge is 2.30. The normalized spacial score (nSPS) is 14.8. The van der Waals surface area contributed by atoms with Crippen LogP contribution < -0.4 is 10.6 Å². The largest absolute Gasteiger partial charge is 0.508 e. The number of anilines is 2. The lowest BCUT2D eigenvalue weighted by Gasteiger charge is -2.18. The molecule has 1 aromatic carbocycles. The number of rotatable bonds is 2. The smallest absolute Gasteiger partial charge is 0.413 e. The van der Waals surface area contributed by atoms with Gasteiger partial charge in [-0.15, -0.1) is 5.10 Å². The fraction of sp³-hybridized carbons (Fsp3) is 0.105. The number of methoxy groups -OCH3 is 1. The number of hydrogen-bond donors (Lipinski definition) is 3. The number of fused-ring (bicyclic) bond motifs is 2. The van der Waals surface area contributed by atoms with Gasteiger partial charge in [-0.25, -0.2) is 18.7 Å². The summed E-state index contributed by atoms with van der Waals surface area (Å²) in [5.41, 5.74) is 2.80. The Bertz CT molecular complexity index is 1260. The molecule has 1 amide bonds. The number of phenolic OH excluding ortho intramolecular Hbond substituents is 1. The van der Waals surface area contributed by atoms with Crippen LogP contribution in [0.25, 0.3) is 16.8 Å². The summed E-state index contributed by atoms with van der Waals surface area (Å²) in [6.07, 6.45) is 2.48. The predicted octanol–water partition coefficient (Wildman–Crippen LogP) is 3.53. The van der Waals surface area contributed by atoms with Crippen LogP contribution >= 0.6 is 0 Å². The Balaban J connectivity index is 1.75. The van der Waals surface area contributed by atoms with Crippen LogP contribution in [0.4, 0.5) is 21.0 Å². The second kappa shape index (κ2) is 6.23. The van der Waals surface area contributed by atoms with Crippen molar-refractivity contribution in [2.24, 2.45) is 0 Å². The first-order valence-electron chi connectivity index (χ1n) is 8.62. The molecule has 3 aromatic heterocycles. The van der Waals surface area contributed by atoms with E-state index in [2.05, 4.69) is 25.5 Å². The lowest BCUT2D eigenvalue weighted by atomic mass is 9.99. The molecule has 4 heterocycles. The SMILES string of the molecule is COC(=O)Nc1nc2c3c(ccn3n1)C(c1ccc(O)cc1F)Nc1occc1-2. The van der Waals surface area contributed by atoms with Gasteiger partial charge in [0.05, 0.1) is 30.5 Å². The maximum absolute atomic E-state index is 14.7. The van der Waals surface area contributed by atoms with E-state index in [9.17, 15) is 14.3 Å². The van der Waals surface area contributed by atoms with E-state index in [0.29, 0.717) is 33.8 Å². The quantitative estimate of drug-likeness (QED) is 0.476. The van der Waals surface area contributed by atoms with Crippen molar-refractivity contribution in [2.45, 2.75) is 6.04 Å². The van der Waals surface area contributed by atoms with Gasteiger partial charge in [0.15, 0.2) is 0 Å². The zero-order chi connectivity index (χ0) is 20.1. The van der Waals surface area contributed by atoms with Crippen LogP contribution in [0, 0.1) is 5.82 Å². The van der Waals surface area contributed by atoms with Crippen LogP contribution in [0.15, 0.2) is 47.2 Å². The summed E-state index contributed by atoms with van der Waals surface area (Å²) in [6, 6.07) is 6.87.